The van der Waals surface area contributed by atoms with Crippen LogP contribution in [0.25, 0.3) is 0 Å². The molecule has 3 atom stereocenters. The SMILES string of the molecule is CC[C@](CF)(c1cccc(C#N)c1F)C1CCN1[C@@H](c1ccc(C#N)cc1)c1cccc(C#N)c1. The van der Waals surface area contributed by atoms with Crippen molar-refractivity contribution in [1.82, 2.24) is 4.90 Å². The fraction of sp³-hybridized carbons (Fsp3) is 0.276. The summed E-state index contributed by atoms with van der Waals surface area (Å²) >= 11 is 0. The number of hydrogen-bond donors (Lipinski definition) is 0. The average molecular weight is 467 g/mol. The highest BCUT2D eigenvalue weighted by Gasteiger charge is 2.50. The van der Waals surface area contributed by atoms with Crippen molar-refractivity contribution >= 4 is 0 Å². The van der Waals surface area contributed by atoms with Crippen LogP contribution in [0.4, 0.5) is 8.78 Å². The van der Waals surface area contributed by atoms with Gasteiger partial charge in [-0.25, -0.2) is 4.39 Å². The standard InChI is InChI=1S/C29H24F2N4/c1-2-29(19-30,25-8-4-7-24(18-34)27(25)31)26-13-14-35(26)28(22-11-9-20(16-32)10-12-22)23-6-3-5-21(15-23)17-33/h3-12,15,26,28H,2,13-14,19H2,1H3/t26?,28-,29-/m0/s1. The third-order valence-electron chi connectivity index (χ3n) is 7.24. The summed E-state index contributed by atoms with van der Waals surface area (Å²) < 4.78 is 30.3. The van der Waals surface area contributed by atoms with E-state index in [0.29, 0.717) is 30.5 Å². The van der Waals surface area contributed by atoms with Crippen molar-refractivity contribution in [2.45, 2.75) is 37.3 Å². The number of nitrogens with zero attached hydrogens (tertiary/aromatic N) is 4. The van der Waals surface area contributed by atoms with E-state index in [1.165, 1.54) is 6.07 Å². The number of benzene rings is 3. The van der Waals surface area contributed by atoms with Gasteiger partial charge in [0.2, 0.25) is 0 Å². The first kappa shape index (κ1) is 24.1. The summed E-state index contributed by atoms with van der Waals surface area (Å²) in [6.07, 6.45) is 1.02. The maximum atomic E-state index is 15.3. The first-order valence-electron chi connectivity index (χ1n) is 11.5. The molecule has 0 radical (unpaired) electrons. The quantitative estimate of drug-likeness (QED) is 0.433. The number of rotatable bonds is 7. The molecule has 4 rings (SSSR count). The van der Waals surface area contributed by atoms with E-state index in [4.69, 9.17) is 0 Å². The molecule has 3 aromatic carbocycles. The second-order valence-corrected chi connectivity index (χ2v) is 8.84. The van der Waals surface area contributed by atoms with E-state index >= 15 is 4.39 Å². The minimum atomic E-state index is -1.13. The highest BCUT2D eigenvalue weighted by Crippen LogP contribution is 2.47. The summed E-state index contributed by atoms with van der Waals surface area (Å²) in [4.78, 5) is 2.15. The van der Waals surface area contributed by atoms with E-state index in [2.05, 4.69) is 17.0 Å². The number of alkyl halides is 1. The lowest BCUT2D eigenvalue weighted by Gasteiger charge is -2.55. The van der Waals surface area contributed by atoms with E-state index in [0.717, 1.165) is 11.1 Å². The van der Waals surface area contributed by atoms with Crippen molar-refractivity contribution in [1.29, 1.82) is 15.8 Å². The van der Waals surface area contributed by atoms with Gasteiger partial charge in [0.15, 0.2) is 0 Å². The molecule has 0 bridgehead atoms. The van der Waals surface area contributed by atoms with Gasteiger partial charge in [0.1, 0.15) is 18.6 Å². The van der Waals surface area contributed by atoms with Gasteiger partial charge < -0.3 is 0 Å². The van der Waals surface area contributed by atoms with Crippen LogP contribution in [0.3, 0.4) is 0 Å². The Bertz CT molecular complexity index is 1340. The number of hydrogen-bond acceptors (Lipinski definition) is 4. The highest BCUT2D eigenvalue weighted by molar-refractivity contribution is 5.44. The lowest BCUT2D eigenvalue weighted by molar-refractivity contribution is -0.0131. The molecular formula is C29H24F2N4. The van der Waals surface area contributed by atoms with Crippen LogP contribution in [-0.4, -0.2) is 24.2 Å². The summed E-state index contributed by atoms with van der Waals surface area (Å²) in [6, 6.07) is 24.6. The first-order chi connectivity index (χ1) is 17.0. The Hall–Kier alpha value is -4.05. The monoisotopic (exact) mass is 466 g/mol. The van der Waals surface area contributed by atoms with Gasteiger partial charge >= 0.3 is 0 Å². The minimum absolute atomic E-state index is 0.0926. The summed E-state index contributed by atoms with van der Waals surface area (Å²) in [5.74, 6) is -0.664. The first-order valence-corrected chi connectivity index (χ1v) is 11.5. The zero-order chi connectivity index (χ0) is 25.0. The van der Waals surface area contributed by atoms with Gasteiger partial charge in [0.05, 0.1) is 34.9 Å². The third-order valence-corrected chi connectivity index (χ3v) is 7.24. The Morgan fingerprint density at radius 2 is 1.66 bits per heavy atom. The van der Waals surface area contributed by atoms with Crippen molar-refractivity contribution in [3.05, 3.63) is 106 Å². The van der Waals surface area contributed by atoms with Gasteiger partial charge in [-0.05, 0) is 59.9 Å². The Morgan fingerprint density at radius 1 is 0.943 bits per heavy atom. The Labute approximate surface area is 204 Å². The molecular weight excluding hydrogens is 442 g/mol. The number of likely N-dealkylation sites (tertiary alicyclic amines) is 1. The summed E-state index contributed by atoms with van der Waals surface area (Å²) in [7, 11) is 0. The van der Waals surface area contributed by atoms with Crippen LogP contribution in [0.1, 0.15) is 59.2 Å². The molecule has 3 aromatic rings. The van der Waals surface area contributed by atoms with E-state index in [-0.39, 0.29) is 23.2 Å². The van der Waals surface area contributed by atoms with Crippen molar-refractivity contribution in [3.8, 4) is 18.2 Å². The Kier molecular flexibility index (Phi) is 6.92. The highest BCUT2D eigenvalue weighted by atomic mass is 19.1. The van der Waals surface area contributed by atoms with Gasteiger partial charge in [-0.3, -0.25) is 9.29 Å². The minimum Gasteiger partial charge on any atom is -0.288 e. The van der Waals surface area contributed by atoms with Crippen LogP contribution in [0.15, 0.2) is 66.7 Å². The number of halogens is 2. The molecule has 1 saturated heterocycles. The second kappa shape index (κ2) is 10.1. The number of nitriles is 3. The van der Waals surface area contributed by atoms with E-state index in [1.807, 2.05) is 43.3 Å². The maximum Gasteiger partial charge on any atom is 0.144 e. The van der Waals surface area contributed by atoms with Gasteiger partial charge in [-0.15, -0.1) is 0 Å². The second-order valence-electron chi connectivity index (χ2n) is 8.84. The topological polar surface area (TPSA) is 74.6 Å². The summed E-state index contributed by atoms with van der Waals surface area (Å²) in [5.41, 5.74) is 1.81. The molecule has 1 unspecified atom stereocenters. The van der Waals surface area contributed by atoms with Crippen LogP contribution >= 0.6 is 0 Å². The van der Waals surface area contributed by atoms with Gasteiger partial charge in [0.25, 0.3) is 0 Å². The van der Waals surface area contributed by atoms with Crippen LogP contribution in [0.2, 0.25) is 0 Å². The van der Waals surface area contributed by atoms with Crippen molar-refractivity contribution in [3.63, 3.8) is 0 Å². The molecule has 0 amide bonds. The third kappa shape index (κ3) is 4.17. The molecule has 1 heterocycles. The maximum absolute atomic E-state index is 15.3. The molecule has 0 N–H and O–H groups in total. The van der Waals surface area contributed by atoms with Gasteiger partial charge in [-0.1, -0.05) is 43.3 Å². The molecule has 0 saturated carbocycles. The molecule has 0 aliphatic carbocycles. The largest absolute Gasteiger partial charge is 0.288 e. The smallest absolute Gasteiger partial charge is 0.144 e. The average Bonchev–Trinajstić information content (AvgIpc) is 2.90. The molecule has 1 aliphatic heterocycles. The summed E-state index contributed by atoms with van der Waals surface area (Å²) in [6.45, 7) is 1.74. The zero-order valence-electron chi connectivity index (χ0n) is 19.4. The lowest BCUT2D eigenvalue weighted by atomic mass is 9.67. The molecule has 0 spiro atoms. The molecule has 0 aromatic heterocycles. The van der Waals surface area contributed by atoms with Gasteiger partial charge in [-0.2, -0.15) is 15.8 Å². The summed E-state index contributed by atoms with van der Waals surface area (Å²) in [5, 5.41) is 28.0. The molecule has 4 nitrogen and oxygen atoms in total. The normalized spacial score (nSPS) is 17.8. The van der Waals surface area contributed by atoms with Gasteiger partial charge in [0, 0.05) is 18.0 Å². The van der Waals surface area contributed by atoms with E-state index < -0.39 is 17.9 Å². The van der Waals surface area contributed by atoms with Crippen LogP contribution in [0, 0.1) is 39.8 Å². The molecule has 174 valence electrons. The van der Waals surface area contributed by atoms with Crippen molar-refractivity contribution in [2.24, 2.45) is 0 Å². The fourth-order valence-electron chi connectivity index (χ4n) is 5.27. The fourth-order valence-corrected chi connectivity index (χ4v) is 5.27. The van der Waals surface area contributed by atoms with E-state index in [9.17, 15) is 20.2 Å². The molecule has 35 heavy (non-hydrogen) atoms. The zero-order valence-corrected chi connectivity index (χ0v) is 19.4. The van der Waals surface area contributed by atoms with Crippen molar-refractivity contribution in [2.75, 3.05) is 13.2 Å². The molecule has 6 heteroatoms. The lowest BCUT2D eigenvalue weighted by Crippen LogP contribution is -2.61. The van der Waals surface area contributed by atoms with Crippen LogP contribution < -0.4 is 0 Å². The van der Waals surface area contributed by atoms with Crippen molar-refractivity contribution < 1.29 is 8.78 Å². The Balaban J connectivity index is 1.84. The molecule has 1 aliphatic rings. The Morgan fingerprint density at radius 3 is 2.23 bits per heavy atom. The molecule has 1 fully saturated rings. The van der Waals surface area contributed by atoms with E-state index in [1.54, 1.807) is 30.3 Å². The predicted molar refractivity (Wildman–Crippen MR) is 128 cm³/mol. The van der Waals surface area contributed by atoms with Crippen LogP contribution in [0.5, 0.6) is 0 Å². The predicted octanol–water partition coefficient (Wildman–Crippen LogP) is 5.92. The van der Waals surface area contributed by atoms with Crippen LogP contribution in [-0.2, 0) is 5.41 Å².